The van der Waals surface area contributed by atoms with Gasteiger partial charge >= 0.3 is 0 Å². The highest BCUT2D eigenvalue weighted by Gasteiger charge is 2.23. The van der Waals surface area contributed by atoms with Crippen LogP contribution in [0, 0.1) is 6.92 Å². The fraction of sp³-hybridized carbons (Fsp3) is 0.250. The first-order chi connectivity index (χ1) is 18.0. The van der Waals surface area contributed by atoms with Gasteiger partial charge in [0, 0.05) is 49.4 Å². The summed E-state index contributed by atoms with van der Waals surface area (Å²) in [5, 5.41) is 22.5. The number of rotatable bonds is 7. The van der Waals surface area contributed by atoms with Gasteiger partial charge in [-0.2, -0.15) is 5.10 Å². The average Bonchev–Trinajstić information content (AvgIpc) is 3.54. The van der Waals surface area contributed by atoms with E-state index in [0.717, 1.165) is 40.8 Å². The van der Waals surface area contributed by atoms with Gasteiger partial charge < -0.3 is 15.3 Å². The van der Waals surface area contributed by atoms with Crippen molar-refractivity contribution in [1.29, 1.82) is 0 Å². The summed E-state index contributed by atoms with van der Waals surface area (Å²) in [5.74, 6) is -0.269. The summed E-state index contributed by atoms with van der Waals surface area (Å²) >= 11 is 1.39. The van der Waals surface area contributed by atoms with Gasteiger partial charge in [-0.05, 0) is 53.8 Å². The number of aliphatic hydroxyl groups excluding tert-OH is 1. The molecule has 0 atom stereocenters. The van der Waals surface area contributed by atoms with Crippen LogP contribution in [0.3, 0.4) is 0 Å². The van der Waals surface area contributed by atoms with E-state index in [0.29, 0.717) is 35.8 Å². The average molecular weight is 516 g/mol. The number of amides is 2. The molecule has 37 heavy (non-hydrogen) atoms. The maximum atomic E-state index is 13.3. The van der Waals surface area contributed by atoms with Crippen molar-refractivity contribution in [1.82, 2.24) is 20.0 Å². The zero-order valence-electron chi connectivity index (χ0n) is 20.6. The SMILES string of the molecule is Cc1ccsc1C(=O)Nc1cc(C(=O)N2CCN(CCO)CC2)ccc1C=Cc1n[nH]c2ccccc12. The van der Waals surface area contributed by atoms with E-state index in [1.807, 2.05) is 65.8 Å². The van der Waals surface area contributed by atoms with Gasteiger partial charge in [0.1, 0.15) is 0 Å². The number of hydrogen-bond acceptors (Lipinski definition) is 6. The molecule has 1 saturated heterocycles. The summed E-state index contributed by atoms with van der Waals surface area (Å²) < 4.78 is 0. The molecular weight excluding hydrogens is 486 g/mol. The summed E-state index contributed by atoms with van der Waals surface area (Å²) in [6.45, 7) is 5.30. The Morgan fingerprint density at radius 3 is 2.68 bits per heavy atom. The van der Waals surface area contributed by atoms with Crippen molar-refractivity contribution in [2.24, 2.45) is 0 Å². The Labute approximate surface area is 219 Å². The molecular formula is C28H29N5O3S. The summed E-state index contributed by atoms with van der Waals surface area (Å²) in [5.41, 5.74) is 4.52. The quantitative estimate of drug-likeness (QED) is 0.344. The number of β-amino-alcohol motifs (C(OH)–C–C–N with tert-alkyl or cyclic N) is 1. The molecule has 3 N–H and O–H groups in total. The third-order valence-electron chi connectivity index (χ3n) is 6.61. The van der Waals surface area contributed by atoms with E-state index in [9.17, 15) is 14.7 Å². The molecule has 190 valence electrons. The van der Waals surface area contributed by atoms with Gasteiger partial charge in [0.05, 0.1) is 22.7 Å². The van der Waals surface area contributed by atoms with Crippen LogP contribution in [-0.4, -0.2) is 76.2 Å². The third-order valence-corrected chi connectivity index (χ3v) is 7.63. The number of anilines is 1. The van der Waals surface area contributed by atoms with Crippen molar-refractivity contribution in [3.63, 3.8) is 0 Å². The number of aliphatic hydroxyl groups is 1. The summed E-state index contributed by atoms with van der Waals surface area (Å²) in [4.78, 5) is 31.0. The molecule has 1 fully saturated rings. The third kappa shape index (κ3) is 5.48. The van der Waals surface area contributed by atoms with Crippen molar-refractivity contribution in [2.45, 2.75) is 6.92 Å². The molecule has 8 nitrogen and oxygen atoms in total. The minimum Gasteiger partial charge on any atom is -0.395 e. The highest BCUT2D eigenvalue weighted by Crippen LogP contribution is 2.25. The lowest BCUT2D eigenvalue weighted by atomic mass is 10.1. The topological polar surface area (TPSA) is 102 Å². The van der Waals surface area contributed by atoms with Crippen LogP contribution in [0.1, 0.15) is 36.9 Å². The van der Waals surface area contributed by atoms with Gasteiger partial charge in [0.2, 0.25) is 0 Å². The zero-order valence-corrected chi connectivity index (χ0v) is 21.4. The lowest BCUT2D eigenvalue weighted by molar-refractivity contribution is 0.0615. The van der Waals surface area contributed by atoms with E-state index in [4.69, 9.17) is 0 Å². The van der Waals surface area contributed by atoms with Crippen LogP contribution in [0.4, 0.5) is 5.69 Å². The predicted octanol–water partition coefficient (Wildman–Crippen LogP) is 4.11. The van der Waals surface area contributed by atoms with Crippen molar-refractivity contribution in [3.8, 4) is 0 Å². The minimum absolute atomic E-state index is 0.0692. The highest BCUT2D eigenvalue weighted by atomic mass is 32.1. The molecule has 2 aromatic carbocycles. The van der Waals surface area contributed by atoms with Gasteiger partial charge in [-0.3, -0.25) is 19.6 Å². The normalized spacial score (nSPS) is 14.5. The highest BCUT2D eigenvalue weighted by molar-refractivity contribution is 7.12. The Balaban J connectivity index is 1.43. The Kier molecular flexibility index (Phi) is 7.45. The molecule has 5 rings (SSSR count). The largest absolute Gasteiger partial charge is 0.395 e. The number of carbonyl (C=O) groups is 2. The van der Waals surface area contributed by atoms with Crippen LogP contribution in [0.15, 0.2) is 53.9 Å². The van der Waals surface area contributed by atoms with Gasteiger partial charge in [-0.15, -0.1) is 11.3 Å². The number of fused-ring (bicyclic) bond motifs is 1. The molecule has 1 aliphatic heterocycles. The zero-order chi connectivity index (χ0) is 25.8. The van der Waals surface area contributed by atoms with Crippen molar-refractivity contribution < 1.29 is 14.7 Å². The Bertz CT molecular complexity index is 1450. The van der Waals surface area contributed by atoms with Crippen LogP contribution >= 0.6 is 11.3 Å². The van der Waals surface area contributed by atoms with Gasteiger partial charge in [-0.1, -0.05) is 30.3 Å². The van der Waals surface area contributed by atoms with Crippen LogP contribution in [0.25, 0.3) is 23.1 Å². The maximum absolute atomic E-state index is 13.3. The van der Waals surface area contributed by atoms with E-state index in [2.05, 4.69) is 20.4 Å². The maximum Gasteiger partial charge on any atom is 0.266 e. The van der Waals surface area contributed by atoms with Crippen molar-refractivity contribution in [2.75, 3.05) is 44.6 Å². The first kappa shape index (κ1) is 24.9. The predicted molar refractivity (Wildman–Crippen MR) is 148 cm³/mol. The van der Waals surface area contributed by atoms with E-state index in [1.165, 1.54) is 11.3 Å². The molecule has 0 aliphatic carbocycles. The molecule has 1 aliphatic rings. The number of benzene rings is 2. The van der Waals surface area contributed by atoms with Crippen molar-refractivity contribution >= 4 is 51.9 Å². The number of aromatic amines is 1. The smallest absolute Gasteiger partial charge is 0.266 e. The van der Waals surface area contributed by atoms with Gasteiger partial charge in [0.15, 0.2) is 0 Å². The molecule has 9 heteroatoms. The number of piperazine rings is 1. The van der Waals surface area contributed by atoms with Crippen LogP contribution < -0.4 is 5.32 Å². The van der Waals surface area contributed by atoms with E-state index >= 15 is 0 Å². The van der Waals surface area contributed by atoms with Crippen molar-refractivity contribution in [3.05, 3.63) is 81.2 Å². The first-order valence-electron chi connectivity index (χ1n) is 12.3. The number of hydrogen-bond donors (Lipinski definition) is 3. The Hall–Kier alpha value is -3.79. The second-order valence-corrected chi connectivity index (χ2v) is 9.95. The lowest BCUT2D eigenvalue weighted by Crippen LogP contribution is -2.49. The number of aryl methyl sites for hydroxylation is 1. The van der Waals surface area contributed by atoms with Gasteiger partial charge in [-0.25, -0.2) is 0 Å². The molecule has 0 bridgehead atoms. The lowest BCUT2D eigenvalue weighted by Gasteiger charge is -2.34. The number of aromatic nitrogens is 2. The van der Waals surface area contributed by atoms with E-state index in [-0.39, 0.29) is 18.4 Å². The minimum atomic E-state index is -0.199. The number of para-hydroxylation sites is 1. The monoisotopic (exact) mass is 515 g/mol. The molecule has 0 radical (unpaired) electrons. The Morgan fingerprint density at radius 1 is 1.11 bits per heavy atom. The number of carbonyl (C=O) groups excluding carboxylic acids is 2. The molecule has 3 heterocycles. The summed E-state index contributed by atoms with van der Waals surface area (Å²) in [6, 6.07) is 15.2. The summed E-state index contributed by atoms with van der Waals surface area (Å²) in [6.07, 6.45) is 3.81. The number of H-pyrrole nitrogens is 1. The van der Waals surface area contributed by atoms with Crippen LogP contribution in [0.2, 0.25) is 0 Å². The molecule has 0 unspecified atom stereocenters. The number of nitrogens with zero attached hydrogens (tertiary/aromatic N) is 3. The van der Waals surface area contributed by atoms with Gasteiger partial charge in [0.25, 0.3) is 11.8 Å². The molecule has 4 aromatic rings. The molecule has 0 spiro atoms. The van der Waals surface area contributed by atoms with E-state index in [1.54, 1.807) is 12.1 Å². The number of nitrogens with one attached hydrogen (secondary N) is 2. The summed E-state index contributed by atoms with van der Waals surface area (Å²) in [7, 11) is 0. The molecule has 0 saturated carbocycles. The molecule has 2 aromatic heterocycles. The second kappa shape index (κ2) is 11.1. The second-order valence-electron chi connectivity index (χ2n) is 9.03. The number of thiophene rings is 1. The van der Waals surface area contributed by atoms with Crippen LogP contribution in [0.5, 0.6) is 0 Å². The fourth-order valence-electron chi connectivity index (χ4n) is 4.51. The molecule has 2 amide bonds. The first-order valence-corrected chi connectivity index (χ1v) is 13.1. The van der Waals surface area contributed by atoms with E-state index < -0.39 is 0 Å². The van der Waals surface area contributed by atoms with Crippen LogP contribution in [-0.2, 0) is 0 Å². The standard InChI is InChI=1S/C28H29N5O3S/c1-19-10-17-37-26(19)27(35)29-25-18-21(28(36)33-13-11-32(12-14-33)15-16-34)7-6-20(25)8-9-24-22-4-2-3-5-23(22)30-31-24/h2-10,17-18,34H,11-16H2,1H3,(H,29,35)(H,30,31). The Morgan fingerprint density at radius 2 is 1.92 bits per heavy atom. The fourth-order valence-corrected chi connectivity index (χ4v) is 5.33.